The van der Waals surface area contributed by atoms with E-state index in [1.165, 1.54) is 30.4 Å². The van der Waals surface area contributed by atoms with Crippen molar-refractivity contribution in [2.24, 2.45) is 0 Å². The summed E-state index contributed by atoms with van der Waals surface area (Å²) in [5.41, 5.74) is 3.48. The molecule has 0 saturated heterocycles. The van der Waals surface area contributed by atoms with Crippen molar-refractivity contribution in [2.45, 2.75) is 70.3 Å². The van der Waals surface area contributed by atoms with Crippen LogP contribution in [0, 0.1) is 6.92 Å². The van der Waals surface area contributed by atoms with Gasteiger partial charge in [0.15, 0.2) is 0 Å². The normalized spacial score (nSPS) is 15.3. The molecular weight excluding hydrogens is 404 g/mol. The monoisotopic (exact) mass is 438 g/mol. The summed E-state index contributed by atoms with van der Waals surface area (Å²) in [6.07, 6.45) is 5.66. The van der Waals surface area contributed by atoms with Crippen LogP contribution in [0.3, 0.4) is 0 Å². The predicted molar refractivity (Wildman–Crippen MR) is 129 cm³/mol. The zero-order valence-corrected chi connectivity index (χ0v) is 19.5. The number of benzene rings is 2. The van der Waals surface area contributed by atoms with Crippen LogP contribution in [-0.4, -0.2) is 34.6 Å². The van der Waals surface area contributed by atoms with Gasteiger partial charge in [0.05, 0.1) is 5.75 Å². The number of thioether (sulfide) groups is 1. The first kappa shape index (κ1) is 23.4. The van der Waals surface area contributed by atoms with Crippen LogP contribution in [0.1, 0.15) is 55.7 Å². The van der Waals surface area contributed by atoms with E-state index < -0.39 is 6.04 Å². The second-order valence-corrected chi connectivity index (χ2v) is 9.49. The Morgan fingerprint density at radius 2 is 1.74 bits per heavy atom. The second-order valence-electron chi connectivity index (χ2n) is 8.51. The molecule has 1 atom stereocenters. The van der Waals surface area contributed by atoms with Crippen LogP contribution in [0.4, 0.5) is 0 Å². The van der Waals surface area contributed by atoms with Gasteiger partial charge in [-0.3, -0.25) is 9.59 Å². The quantitative estimate of drug-likeness (QED) is 0.593. The lowest BCUT2D eigenvalue weighted by Crippen LogP contribution is -2.50. The fourth-order valence-electron chi connectivity index (χ4n) is 4.07. The molecule has 31 heavy (non-hydrogen) atoms. The number of nitrogens with one attached hydrogen (secondary N) is 1. The summed E-state index contributed by atoms with van der Waals surface area (Å²) in [6.45, 7) is 4.38. The number of amides is 2. The third-order valence-corrected chi connectivity index (χ3v) is 6.88. The number of rotatable bonds is 9. The first-order chi connectivity index (χ1) is 15.0. The van der Waals surface area contributed by atoms with E-state index in [1.54, 1.807) is 16.7 Å². The largest absolute Gasteiger partial charge is 0.352 e. The molecule has 0 unspecified atom stereocenters. The standard InChI is InChI=1S/C26H34N2O2S/c1-20-10-9-13-23(16-20)18-31-19-25(29)28(17-22-11-5-3-6-12-22)21(2)26(30)27-24-14-7-4-8-15-24/h3,5-6,9-13,16,21,24H,4,7-8,14-15,17-19H2,1-2H3,(H,27,30)/t21-/m0/s1. The van der Waals surface area contributed by atoms with Gasteiger partial charge in [-0.15, -0.1) is 11.8 Å². The van der Waals surface area contributed by atoms with Gasteiger partial charge >= 0.3 is 0 Å². The van der Waals surface area contributed by atoms with Crippen LogP contribution in [0.5, 0.6) is 0 Å². The first-order valence-corrected chi connectivity index (χ1v) is 12.5. The minimum atomic E-state index is -0.491. The lowest BCUT2D eigenvalue weighted by atomic mass is 9.95. The molecule has 4 nitrogen and oxygen atoms in total. The summed E-state index contributed by atoms with van der Waals surface area (Å²) in [5, 5.41) is 3.19. The molecule has 0 aromatic heterocycles. The summed E-state index contributed by atoms with van der Waals surface area (Å²) in [5.74, 6) is 1.12. The van der Waals surface area contributed by atoms with E-state index in [9.17, 15) is 9.59 Å². The fraction of sp³-hybridized carbons (Fsp3) is 0.462. The van der Waals surface area contributed by atoms with Crippen LogP contribution >= 0.6 is 11.8 Å². The van der Waals surface area contributed by atoms with Crippen LogP contribution in [0.25, 0.3) is 0 Å². The molecule has 5 heteroatoms. The van der Waals surface area contributed by atoms with Gasteiger partial charge < -0.3 is 10.2 Å². The Kier molecular flexibility index (Phi) is 9.01. The molecule has 1 fully saturated rings. The SMILES string of the molecule is Cc1cccc(CSCC(=O)N(Cc2ccccc2)[C@@H](C)C(=O)NC2CCCCC2)c1. The van der Waals surface area contributed by atoms with E-state index >= 15 is 0 Å². The molecule has 0 radical (unpaired) electrons. The zero-order valence-electron chi connectivity index (χ0n) is 18.7. The maximum Gasteiger partial charge on any atom is 0.242 e. The zero-order chi connectivity index (χ0) is 22.1. The number of hydrogen-bond acceptors (Lipinski definition) is 3. The third-order valence-electron chi connectivity index (χ3n) is 5.89. The summed E-state index contributed by atoms with van der Waals surface area (Å²) < 4.78 is 0. The minimum absolute atomic E-state index is 0.00722. The molecule has 0 bridgehead atoms. The minimum Gasteiger partial charge on any atom is -0.352 e. The Morgan fingerprint density at radius 1 is 1.03 bits per heavy atom. The number of nitrogens with zero attached hydrogens (tertiary/aromatic N) is 1. The number of aryl methyl sites for hydroxylation is 1. The number of carbonyl (C=O) groups is 2. The Morgan fingerprint density at radius 3 is 2.45 bits per heavy atom. The third kappa shape index (κ3) is 7.42. The fourth-order valence-corrected chi connectivity index (χ4v) is 4.93. The Balaban J connectivity index is 1.62. The van der Waals surface area contributed by atoms with E-state index in [0.29, 0.717) is 12.3 Å². The summed E-state index contributed by atoms with van der Waals surface area (Å²) >= 11 is 1.60. The molecule has 1 N–H and O–H groups in total. The summed E-state index contributed by atoms with van der Waals surface area (Å²) in [6, 6.07) is 18.0. The van der Waals surface area contributed by atoms with E-state index in [0.717, 1.165) is 24.2 Å². The topological polar surface area (TPSA) is 49.4 Å². The van der Waals surface area contributed by atoms with Crippen molar-refractivity contribution < 1.29 is 9.59 Å². The Bertz CT molecular complexity index is 849. The van der Waals surface area contributed by atoms with Gasteiger partial charge in [0.25, 0.3) is 0 Å². The van der Waals surface area contributed by atoms with E-state index in [4.69, 9.17) is 0 Å². The van der Waals surface area contributed by atoms with Gasteiger partial charge in [-0.1, -0.05) is 79.4 Å². The van der Waals surface area contributed by atoms with Crippen LogP contribution in [0.15, 0.2) is 54.6 Å². The van der Waals surface area contributed by atoms with Crippen molar-refractivity contribution in [3.63, 3.8) is 0 Å². The molecule has 166 valence electrons. The Labute approximate surface area is 190 Å². The summed E-state index contributed by atoms with van der Waals surface area (Å²) in [4.78, 5) is 27.9. The molecule has 3 rings (SSSR count). The molecule has 1 saturated carbocycles. The van der Waals surface area contributed by atoms with Crippen LogP contribution in [-0.2, 0) is 21.9 Å². The smallest absolute Gasteiger partial charge is 0.242 e. The van der Waals surface area contributed by atoms with Gasteiger partial charge in [0, 0.05) is 18.3 Å². The lowest BCUT2D eigenvalue weighted by Gasteiger charge is -2.31. The highest BCUT2D eigenvalue weighted by Gasteiger charge is 2.27. The van der Waals surface area contributed by atoms with Crippen molar-refractivity contribution in [1.29, 1.82) is 0 Å². The molecule has 2 aromatic carbocycles. The maximum atomic E-state index is 13.2. The number of hydrogen-bond donors (Lipinski definition) is 1. The molecule has 1 aliphatic carbocycles. The summed E-state index contributed by atoms with van der Waals surface area (Å²) in [7, 11) is 0. The van der Waals surface area contributed by atoms with Crippen molar-refractivity contribution in [2.75, 3.05) is 5.75 Å². The van der Waals surface area contributed by atoms with Gasteiger partial charge in [-0.25, -0.2) is 0 Å². The van der Waals surface area contributed by atoms with Crippen molar-refractivity contribution in [3.8, 4) is 0 Å². The van der Waals surface area contributed by atoms with Crippen molar-refractivity contribution >= 4 is 23.6 Å². The van der Waals surface area contributed by atoms with Gasteiger partial charge in [-0.05, 0) is 37.8 Å². The van der Waals surface area contributed by atoms with E-state index in [2.05, 4.69) is 30.4 Å². The highest BCUT2D eigenvalue weighted by Crippen LogP contribution is 2.19. The average Bonchev–Trinajstić information content (AvgIpc) is 2.78. The number of carbonyl (C=O) groups excluding carboxylic acids is 2. The maximum absolute atomic E-state index is 13.2. The van der Waals surface area contributed by atoms with Crippen LogP contribution < -0.4 is 5.32 Å². The highest BCUT2D eigenvalue weighted by molar-refractivity contribution is 7.99. The van der Waals surface area contributed by atoms with Gasteiger partial charge in [-0.2, -0.15) is 0 Å². The molecule has 0 aliphatic heterocycles. The van der Waals surface area contributed by atoms with Gasteiger partial charge in [0.1, 0.15) is 6.04 Å². The molecule has 0 heterocycles. The van der Waals surface area contributed by atoms with E-state index in [1.807, 2.05) is 43.3 Å². The second kappa shape index (κ2) is 11.9. The van der Waals surface area contributed by atoms with E-state index in [-0.39, 0.29) is 17.9 Å². The molecule has 0 spiro atoms. The predicted octanol–water partition coefficient (Wildman–Crippen LogP) is 5.09. The van der Waals surface area contributed by atoms with Crippen molar-refractivity contribution in [3.05, 3.63) is 71.3 Å². The molecule has 2 aromatic rings. The first-order valence-electron chi connectivity index (χ1n) is 11.3. The molecule has 1 aliphatic rings. The van der Waals surface area contributed by atoms with Crippen LogP contribution in [0.2, 0.25) is 0 Å². The van der Waals surface area contributed by atoms with Gasteiger partial charge in [0.2, 0.25) is 11.8 Å². The molecular formula is C26H34N2O2S. The Hall–Kier alpha value is -2.27. The highest BCUT2D eigenvalue weighted by atomic mass is 32.2. The average molecular weight is 439 g/mol. The lowest BCUT2D eigenvalue weighted by molar-refractivity contribution is -0.139. The molecule has 2 amide bonds. The van der Waals surface area contributed by atoms with Crippen molar-refractivity contribution in [1.82, 2.24) is 10.2 Å².